The van der Waals surface area contributed by atoms with E-state index < -0.39 is 4.92 Å². The summed E-state index contributed by atoms with van der Waals surface area (Å²) in [6, 6.07) is 6.78. The van der Waals surface area contributed by atoms with Crippen LogP contribution in [-0.2, 0) is 11.3 Å². The van der Waals surface area contributed by atoms with Gasteiger partial charge in [-0.15, -0.1) is 0 Å². The Morgan fingerprint density at radius 2 is 2.25 bits per heavy atom. The molecule has 0 saturated heterocycles. The number of nitrogens with one attached hydrogen (secondary N) is 2. The molecule has 0 bridgehead atoms. The Bertz CT molecular complexity index is 537. The molecule has 7 nitrogen and oxygen atoms in total. The summed E-state index contributed by atoms with van der Waals surface area (Å²) >= 11 is 0. The number of benzene rings is 1. The fourth-order valence-electron chi connectivity index (χ4n) is 1.69. The Labute approximate surface area is 116 Å². The van der Waals surface area contributed by atoms with E-state index in [0.29, 0.717) is 18.7 Å². The standard InChI is InChI=1S/C13H16N4O3/c1-10-11(4-2-5-12(10)17(19)20)8-15-9-13(18)16-7-3-6-14/h2,4-5,15H,3,7-9H2,1H3,(H,16,18). The molecule has 0 aliphatic rings. The molecule has 1 amide bonds. The zero-order chi connectivity index (χ0) is 15.0. The van der Waals surface area contributed by atoms with Crippen LogP contribution in [0.3, 0.4) is 0 Å². The van der Waals surface area contributed by atoms with Crippen molar-refractivity contribution in [2.45, 2.75) is 19.9 Å². The number of carbonyl (C=O) groups is 1. The zero-order valence-corrected chi connectivity index (χ0v) is 11.2. The van der Waals surface area contributed by atoms with E-state index in [2.05, 4.69) is 10.6 Å². The molecule has 0 radical (unpaired) electrons. The van der Waals surface area contributed by atoms with Crippen molar-refractivity contribution in [2.75, 3.05) is 13.1 Å². The van der Waals surface area contributed by atoms with Crippen LogP contribution in [0.15, 0.2) is 18.2 Å². The van der Waals surface area contributed by atoms with Gasteiger partial charge in [-0.2, -0.15) is 5.26 Å². The van der Waals surface area contributed by atoms with Gasteiger partial charge in [0, 0.05) is 24.7 Å². The number of hydrogen-bond donors (Lipinski definition) is 2. The van der Waals surface area contributed by atoms with Gasteiger partial charge in [0.05, 0.1) is 24.0 Å². The highest BCUT2D eigenvalue weighted by Crippen LogP contribution is 2.20. The molecular weight excluding hydrogens is 260 g/mol. The van der Waals surface area contributed by atoms with Gasteiger partial charge < -0.3 is 10.6 Å². The summed E-state index contributed by atoms with van der Waals surface area (Å²) in [5, 5.41) is 24.6. The van der Waals surface area contributed by atoms with Crippen LogP contribution in [0.1, 0.15) is 17.5 Å². The molecule has 1 aromatic rings. The van der Waals surface area contributed by atoms with E-state index in [4.69, 9.17) is 5.26 Å². The van der Waals surface area contributed by atoms with E-state index in [-0.39, 0.29) is 24.6 Å². The summed E-state index contributed by atoms with van der Waals surface area (Å²) in [7, 11) is 0. The summed E-state index contributed by atoms with van der Waals surface area (Å²) < 4.78 is 0. The molecule has 0 fully saturated rings. The number of nitriles is 1. The van der Waals surface area contributed by atoms with E-state index in [1.165, 1.54) is 6.07 Å². The Morgan fingerprint density at radius 1 is 1.50 bits per heavy atom. The number of nitrogens with zero attached hydrogens (tertiary/aromatic N) is 2. The van der Waals surface area contributed by atoms with E-state index in [0.717, 1.165) is 5.56 Å². The lowest BCUT2D eigenvalue weighted by Gasteiger charge is -2.08. The summed E-state index contributed by atoms with van der Waals surface area (Å²) in [5.74, 6) is -0.205. The Kier molecular flexibility index (Phi) is 6.13. The highest BCUT2D eigenvalue weighted by molar-refractivity contribution is 5.77. The first-order valence-corrected chi connectivity index (χ1v) is 6.13. The molecule has 0 heterocycles. The maximum atomic E-state index is 11.4. The van der Waals surface area contributed by atoms with Gasteiger partial charge in [0.25, 0.3) is 5.69 Å². The Morgan fingerprint density at radius 3 is 2.90 bits per heavy atom. The molecule has 7 heteroatoms. The van der Waals surface area contributed by atoms with Crippen molar-refractivity contribution in [2.24, 2.45) is 0 Å². The first kappa shape index (κ1) is 15.6. The highest BCUT2D eigenvalue weighted by Gasteiger charge is 2.12. The Hall–Kier alpha value is -2.46. The van der Waals surface area contributed by atoms with Crippen molar-refractivity contribution in [3.05, 3.63) is 39.4 Å². The zero-order valence-electron chi connectivity index (χ0n) is 11.2. The van der Waals surface area contributed by atoms with Crippen molar-refractivity contribution in [3.63, 3.8) is 0 Å². The smallest absolute Gasteiger partial charge is 0.272 e. The molecule has 0 aromatic heterocycles. The van der Waals surface area contributed by atoms with Crippen LogP contribution >= 0.6 is 0 Å². The third-order valence-electron chi connectivity index (χ3n) is 2.77. The Balaban J connectivity index is 2.47. The van der Waals surface area contributed by atoms with Crippen LogP contribution in [0.25, 0.3) is 0 Å². The van der Waals surface area contributed by atoms with Gasteiger partial charge in [0.15, 0.2) is 0 Å². The molecule has 1 rings (SSSR count). The van der Waals surface area contributed by atoms with Crippen molar-refractivity contribution < 1.29 is 9.72 Å². The average molecular weight is 276 g/mol. The van der Waals surface area contributed by atoms with E-state index in [1.807, 2.05) is 6.07 Å². The lowest BCUT2D eigenvalue weighted by molar-refractivity contribution is -0.385. The lowest BCUT2D eigenvalue weighted by Crippen LogP contribution is -2.34. The van der Waals surface area contributed by atoms with Gasteiger partial charge in [0.2, 0.25) is 5.91 Å². The topological polar surface area (TPSA) is 108 Å². The van der Waals surface area contributed by atoms with Crippen LogP contribution in [0.5, 0.6) is 0 Å². The first-order chi connectivity index (χ1) is 9.56. The minimum absolute atomic E-state index is 0.0720. The van der Waals surface area contributed by atoms with Crippen LogP contribution in [0.2, 0.25) is 0 Å². The van der Waals surface area contributed by atoms with E-state index in [1.54, 1.807) is 19.1 Å². The van der Waals surface area contributed by atoms with Crippen molar-refractivity contribution >= 4 is 11.6 Å². The monoisotopic (exact) mass is 276 g/mol. The van der Waals surface area contributed by atoms with Gasteiger partial charge in [0.1, 0.15) is 0 Å². The molecule has 20 heavy (non-hydrogen) atoms. The van der Waals surface area contributed by atoms with Crippen LogP contribution in [0, 0.1) is 28.4 Å². The van der Waals surface area contributed by atoms with Crippen molar-refractivity contribution in [3.8, 4) is 6.07 Å². The van der Waals surface area contributed by atoms with Crippen LogP contribution in [0.4, 0.5) is 5.69 Å². The molecule has 1 aromatic carbocycles. The largest absolute Gasteiger partial charge is 0.354 e. The molecule has 0 spiro atoms. The number of hydrogen-bond acceptors (Lipinski definition) is 5. The van der Waals surface area contributed by atoms with E-state index in [9.17, 15) is 14.9 Å². The second-order valence-electron chi connectivity index (χ2n) is 4.18. The third-order valence-corrected chi connectivity index (χ3v) is 2.77. The normalized spacial score (nSPS) is 9.80. The van der Waals surface area contributed by atoms with Gasteiger partial charge in [-0.05, 0) is 12.5 Å². The molecule has 0 aliphatic carbocycles. The average Bonchev–Trinajstić information content (AvgIpc) is 2.40. The molecular formula is C13H16N4O3. The fourth-order valence-corrected chi connectivity index (χ4v) is 1.69. The molecule has 106 valence electrons. The molecule has 0 atom stereocenters. The van der Waals surface area contributed by atoms with E-state index >= 15 is 0 Å². The number of amides is 1. The van der Waals surface area contributed by atoms with Crippen molar-refractivity contribution in [1.29, 1.82) is 5.26 Å². The maximum absolute atomic E-state index is 11.4. The van der Waals surface area contributed by atoms with Crippen LogP contribution < -0.4 is 10.6 Å². The summed E-state index contributed by atoms with van der Waals surface area (Å²) in [6.45, 7) is 2.49. The molecule has 2 N–H and O–H groups in total. The number of nitro benzene ring substituents is 1. The lowest BCUT2D eigenvalue weighted by atomic mass is 10.1. The second-order valence-corrected chi connectivity index (χ2v) is 4.18. The first-order valence-electron chi connectivity index (χ1n) is 6.13. The maximum Gasteiger partial charge on any atom is 0.272 e. The van der Waals surface area contributed by atoms with Crippen molar-refractivity contribution in [1.82, 2.24) is 10.6 Å². The molecule has 0 aliphatic heterocycles. The van der Waals surface area contributed by atoms with Gasteiger partial charge in [-0.3, -0.25) is 14.9 Å². The minimum Gasteiger partial charge on any atom is -0.354 e. The fraction of sp³-hybridized carbons (Fsp3) is 0.385. The highest BCUT2D eigenvalue weighted by atomic mass is 16.6. The van der Waals surface area contributed by atoms with Gasteiger partial charge in [-0.1, -0.05) is 12.1 Å². The third kappa shape index (κ3) is 4.66. The number of carbonyl (C=O) groups excluding carboxylic acids is 1. The summed E-state index contributed by atoms with van der Waals surface area (Å²) in [6.07, 6.45) is 0.274. The molecule has 0 saturated carbocycles. The number of rotatable bonds is 7. The quantitative estimate of drug-likeness (QED) is 0.439. The van der Waals surface area contributed by atoms with Crippen LogP contribution in [-0.4, -0.2) is 23.9 Å². The minimum atomic E-state index is -0.423. The molecule has 0 unspecified atom stereocenters. The predicted molar refractivity (Wildman–Crippen MR) is 72.8 cm³/mol. The van der Waals surface area contributed by atoms with Gasteiger partial charge in [-0.25, -0.2) is 0 Å². The number of nitro groups is 1. The second kappa shape index (κ2) is 7.86. The summed E-state index contributed by atoms with van der Waals surface area (Å²) in [5.41, 5.74) is 1.45. The predicted octanol–water partition coefficient (Wildman–Crippen LogP) is 1.02. The SMILES string of the molecule is Cc1c(CNCC(=O)NCCC#N)cccc1[N+](=O)[O-]. The summed E-state index contributed by atoms with van der Waals surface area (Å²) in [4.78, 5) is 21.8. The van der Waals surface area contributed by atoms with Gasteiger partial charge >= 0.3 is 0 Å².